The smallest absolute Gasteiger partial charge is 0.103 e. The summed E-state index contributed by atoms with van der Waals surface area (Å²) in [7, 11) is 0. The molecule has 2 unspecified atom stereocenters. The van der Waals surface area contributed by atoms with Crippen LogP contribution in [0.5, 0.6) is 0 Å². The zero-order valence-electron chi connectivity index (χ0n) is 16.1. The van der Waals surface area contributed by atoms with Gasteiger partial charge in [-0.25, -0.2) is 0 Å². The number of unbranched alkanes of at least 4 members (excludes halogenated alkanes) is 12. The lowest BCUT2D eigenvalue weighted by molar-refractivity contribution is 0.182. The van der Waals surface area contributed by atoms with Gasteiger partial charge in [0.15, 0.2) is 0 Å². The average Bonchev–Trinajstić information content (AvgIpc) is 3.04. The van der Waals surface area contributed by atoms with Gasteiger partial charge in [0.25, 0.3) is 0 Å². The zero-order valence-corrected chi connectivity index (χ0v) is 16.1. The molecule has 1 rings (SSSR count). The SMILES string of the molecule is C=CCCCCCCCCCCCCCCC1N=CCN1C(C)N. The molecule has 2 N–H and O–H groups in total. The van der Waals surface area contributed by atoms with Crippen molar-refractivity contribution >= 4 is 6.21 Å². The van der Waals surface area contributed by atoms with Gasteiger partial charge in [0, 0.05) is 12.8 Å². The van der Waals surface area contributed by atoms with Gasteiger partial charge in [-0.15, -0.1) is 6.58 Å². The molecule has 3 nitrogen and oxygen atoms in total. The number of allylic oxidation sites excluding steroid dienone is 1. The van der Waals surface area contributed by atoms with Crippen LogP contribution in [0.2, 0.25) is 0 Å². The highest BCUT2D eigenvalue weighted by Crippen LogP contribution is 2.17. The fourth-order valence-electron chi connectivity index (χ4n) is 3.53. The minimum Gasteiger partial charge on any atom is -0.316 e. The molecule has 0 aromatic heterocycles. The van der Waals surface area contributed by atoms with Gasteiger partial charge in [-0.1, -0.05) is 70.3 Å². The van der Waals surface area contributed by atoms with Crippen LogP contribution in [-0.4, -0.2) is 30.0 Å². The Morgan fingerprint density at radius 2 is 1.50 bits per heavy atom. The molecule has 0 aliphatic carbocycles. The van der Waals surface area contributed by atoms with Gasteiger partial charge in [-0.2, -0.15) is 0 Å². The van der Waals surface area contributed by atoms with E-state index >= 15 is 0 Å². The van der Waals surface area contributed by atoms with Crippen molar-refractivity contribution in [3.8, 4) is 0 Å². The summed E-state index contributed by atoms with van der Waals surface area (Å²) in [6.07, 6.45) is 23.6. The summed E-state index contributed by atoms with van der Waals surface area (Å²) in [5.74, 6) is 0. The highest BCUT2D eigenvalue weighted by Gasteiger charge is 2.22. The fourth-order valence-corrected chi connectivity index (χ4v) is 3.53. The highest BCUT2D eigenvalue weighted by molar-refractivity contribution is 5.62. The molecule has 0 amide bonds. The number of nitrogens with two attached hydrogens (primary N) is 1. The monoisotopic (exact) mass is 335 g/mol. The van der Waals surface area contributed by atoms with Crippen LogP contribution in [0.25, 0.3) is 0 Å². The van der Waals surface area contributed by atoms with Crippen LogP contribution in [0.4, 0.5) is 0 Å². The molecule has 0 saturated heterocycles. The Morgan fingerprint density at radius 3 is 2.00 bits per heavy atom. The molecule has 1 heterocycles. The summed E-state index contributed by atoms with van der Waals surface area (Å²) < 4.78 is 0. The van der Waals surface area contributed by atoms with Gasteiger partial charge in [-0.3, -0.25) is 9.89 Å². The molecule has 0 aromatic rings. The summed E-state index contributed by atoms with van der Waals surface area (Å²) in [6, 6.07) is 0. The minimum absolute atomic E-state index is 0.125. The van der Waals surface area contributed by atoms with E-state index in [-0.39, 0.29) is 6.17 Å². The fraction of sp³-hybridized carbons (Fsp3) is 0.857. The Balaban J connectivity index is 1.79. The molecular weight excluding hydrogens is 294 g/mol. The molecule has 0 bridgehead atoms. The third-order valence-corrected chi connectivity index (χ3v) is 5.10. The number of hydrogen-bond donors (Lipinski definition) is 1. The Morgan fingerprint density at radius 1 is 1.00 bits per heavy atom. The molecule has 24 heavy (non-hydrogen) atoms. The third kappa shape index (κ3) is 10.2. The summed E-state index contributed by atoms with van der Waals surface area (Å²) in [4.78, 5) is 6.84. The predicted molar refractivity (Wildman–Crippen MR) is 107 cm³/mol. The first-order valence-corrected chi connectivity index (χ1v) is 10.4. The first-order chi connectivity index (χ1) is 11.8. The molecule has 2 atom stereocenters. The number of rotatable bonds is 16. The van der Waals surface area contributed by atoms with Crippen molar-refractivity contribution in [3.63, 3.8) is 0 Å². The van der Waals surface area contributed by atoms with Crippen molar-refractivity contribution in [2.75, 3.05) is 6.54 Å². The first-order valence-electron chi connectivity index (χ1n) is 10.4. The van der Waals surface area contributed by atoms with Gasteiger partial charge in [0.2, 0.25) is 0 Å². The first kappa shape index (κ1) is 21.4. The van der Waals surface area contributed by atoms with Crippen LogP contribution in [0.15, 0.2) is 17.6 Å². The average molecular weight is 336 g/mol. The van der Waals surface area contributed by atoms with Gasteiger partial charge in [0.05, 0.1) is 6.17 Å². The van der Waals surface area contributed by atoms with E-state index in [0.29, 0.717) is 6.17 Å². The van der Waals surface area contributed by atoms with E-state index in [1.54, 1.807) is 0 Å². The maximum absolute atomic E-state index is 5.98. The van der Waals surface area contributed by atoms with Crippen LogP contribution in [0.3, 0.4) is 0 Å². The lowest BCUT2D eigenvalue weighted by atomic mass is 10.0. The predicted octanol–water partition coefficient (Wildman–Crippen LogP) is 5.65. The highest BCUT2D eigenvalue weighted by atomic mass is 15.3. The van der Waals surface area contributed by atoms with E-state index < -0.39 is 0 Å². The molecule has 1 aliphatic rings. The second kappa shape index (κ2) is 14.7. The van der Waals surface area contributed by atoms with E-state index in [1.807, 2.05) is 12.3 Å². The minimum atomic E-state index is 0.125. The number of nitrogens with zero attached hydrogens (tertiary/aromatic N) is 2. The Labute approximate surface area is 150 Å². The topological polar surface area (TPSA) is 41.6 Å². The van der Waals surface area contributed by atoms with Crippen molar-refractivity contribution in [1.82, 2.24) is 4.90 Å². The van der Waals surface area contributed by atoms with Gasteiger partial charge in [-0.05, 0) is 32.6 Å². The maximum Gasteiger partial charge on any atom is 0.103 e. The third-order valence-electron chi connectivity index (χ3n) is 5.10. The summed E-state index contributed by atoms with van der Waals surface area (Å²) in [5.41, 5.74) is 5.98. The molecule has 3 heteroatoms. The van der Waals surface area contributed by atoms with Crippen LogP contribution in [-0.2, 0) is 0 Å². The molecule has 140 valence electrons. The van der Waals surface area contributed by atoms with Crippen LogP contribution in [0, 0.1) is 0 Å². The molecular formula is C21H41N3. The molecule has 0 fully saturated rings. The Bertz CT molecular complexity index is 325. The molecule has 0 spiro atoms. The second-order valence-electron chi connectivity index (χ2n) is 7.36. The lowest BCUT2D eigenvalue weighted by Gasteiger charge is -2.26. The summed E-state index contributed by atoms with van der Waals surface area (Å²) >= 11 is 0. The van der Waals surface area contributed by atoms with E-state index in [2.05, 4.69) is 23.4 Å². The maximum atomic E-state index is 5.98. The molecule has 1 aliphatic heterocycles. The standard InChI is InChI=1S/C21H41N3/c1-3-4-5-6-7-8-9-10-11-12-13-14-15-16-17-21-23-18-19-24(21)20(2)22/h3,18,20-21H,1,4-17,19,22H2,2H3. The zero-order chi connectivity index (χ0) is 17.5. The summed E-state index contributed by atoms with van der Waals surface area (Å²) in [6.45, 7) is 6.76. The lowest BCUT2D eigenvalue weighted by Crippen LogP contribution is -2.43. The van der Waals surface area contributed by atoms with Crippen molar-refractivity contribution < 1.29 is 0 Å². The van der Waals surface area contributed by atoms with Crippen LogP contribution < -0.4 is 5.73 Å². The summed E-state index contributed by atoms with van der Waals surface area (Å²) in [5, 5.41) is 0. The molecule has 0 aromatic carbocycles. The van der Waals surface area contributed by atoms with Crippen molar-refractivity contribution in [2.24, 2.45) is 10.7 Å². The van der Waals surface area contributed by atoms with Gasteiger partial charge >= 0.3 is 0 Å². The number of aliphatic imine (C=N–C) groups is 1. The van der Waals surface area contributed by atoms with E-state index in [1.165, 1.54) is 89.9 Å². The van der Waals surface area contributed by atoms with E-state index in [9.17, 15) is 0 Å². The number of hydrogen-bond acceptors (Lipinski definition) is 3. The van der Waals surface area contributed by atoms with Gasteiger partial charge in [0.1, 0.15) is 6.17 Å². The van der Waals surface area contributed by atoms with E-state index in [0.717, 1.165) is 6.54 Å². The molecule has 0 radical (unpaired) electrons. The van der Waals surface area contributed by atoms with Crippen molar-refractivity contribution in [2.45, 2.75) is 109 Å². The van der Waals surface area contributed by atoms with Crippen molar-refractivity contribution in [3.05, 3.63) is 12.7 Å². The molecule has 0 saturated carbocycles. The van der Waals surface area contributed by atoms with Crippen molar-refractivity contribution in [1.29, 1.82) is 0 Å². The second-order valence-corrected chi connectivity index (χ2v) is 7.36. The quantitative estimate of drug-likeness (QED) is 0.292. The van der Waals surface area contributed by atoms with Gasteiger partial charge < -0.3 is 5.73 Å². The van der Waals surface area contributed by atoms with Crippen LogP contribution in [0.1, 0.15) is 96.8 Å². The Hall–Kier alpha value is -0.670. The van der Waals surface area contributed by atoms with E-state index in [4.69, 9.17) is 5.73 Å². The van der Waals surface area contributed by atoms with Crippen LogP contribution >= 0.6 is 0 Å². The largest absolute Gasteiger partial charge is 0.316 e. The normalized spacial score (nSPS) is 19.0. The Kier molecular flexibility index (Phi) is 13.1.